The highest BCUT2D eigenvalue weighted by Gasteiger charge is 2.47. The summed E-state index contributed by atoms with van der Waals surface area (Å²) in [5.41, 5.74) is -0.0214. The van der Waals surface area contributed by atoms with Crippen LogP contribution in [0.3, 0.4) is 0 Å². The van der Waals surface area contributed by atoms with Crippen LogP contribution in [0.1, 0.15) is 31.0 Å². The van der Waals surface area contributed by atoms with Crippen LogP contribution in [0.15, 0.2) is 42.0 Å². The smallest absolute Gasteiger partial charge is 0.295 e. The summed E-state index contributed by atoms with van der Waals surface area (Å²) < 4.78 is 25.5. The van der Waals surface area contributed by atoms with Gasteiger partial charge in [0.15, 0.2) is 0 Å². The number of hydrogen-bond donors (Lipinski definition) is 1. The lowest BCUT2D eigenvalue weighted by atomic mass is 9.94. The van der Waals surface area contributed by atoms with Crippen LogP contribution in [-0.2, 0) is 9.59 Å². The molecule has 1 aliphatic heterocycles. The number of halogens is 2. The summed E-state index contributed by atoms with van der Waals surface area (Å²) in [4.78, 5) is 29.6. The number of benzene rings is 2. The van der Waals surface area contributed by atoms with Crippen LogP contribution in [-0.4, -0.2) is 67.0 Å². The number of hydrogen-bond acceptors (Lipinski definition) is 6. The molecule has 0 spiro atoms. The molecule has 0 aromatic heterocycles. The molecule has 0 saturated carbocycles. The maximum absolute atomic E-state index is 14.9. The van der Waals surface area contributed by atoms with E-state index in [1.807, 2.05) is 13.8 Å². The largest absolute Gasteiger partial charge is 0.507 e. The molecule has 182 valence electrons. The lowest BCUT2D eigenvalue weighted by molar-refractivity contribution is -0.140. The van der Waals surface area contributed by atoms with Gasteiger partial charge in [0, 0.05) is 24.7 Å². The molecule has 9 heteroatoms. The topological polar surface area (TPSA) is 79.3 Å². The van der Waals surface area contributed by atoms with Crippen molar-refractivity contribution >= 4 is 29.1 Å². The second-order valence-electron chi connectivity index (χ2n) is 7.73. The Morgan fingerprint density at radius 2 is 1.76 bits per heavy atom. The Morgan fingerprint density at radius 1 is 1.12 bits per heavy atom. The fraction of sp³-hybridized carbons (Fsp3) is 0.360. The molecule has 2 aromatic rings. The van der Waals surface area contributed by atoms with Crippen molar-refractivity contribution in [1.82, 2.24) is 9.80 Å². The van der Waals surface area contributed by atoms with Gasteiger partial charge in [0.25, 0.3) is 11.7 Å². The zero-order valence-electron chi connectivity index (χ0n) is 19.6. The van der Waals surface area contributed by atoms with Crippen LogP contribution in [0.2, 0.25) is 5.02 Å². The lowest BCUT2D eigenvalue weighted by Crippen LogP contribution is -2.38. The molecule has 0 aliphatic carbocycles. The van der Waals surface area contributed by atoms with Crippen molar-refractivity contribution < 1.29 is 28.6 Å². The van der Waals surface area contributed by atoms with Crippen molar-refractivity contribution in [3.8, 4) is 11.5 Å². The van der Waals surface area contributed by atoms with Crippen LogP contribution < -0.4 is 9.47 Å². The highest BCUT2D eigenvalue weighted by atomic mass is 35.5. The number of carbonyl (C=O) groups is 2. The molecular formula is C25H28ClFN2O5. The van der Waals surface area contributed by atoms with Crippen molar-refractivity contribution in [3.05, 3.63) is 63.9 Å². The number of aliphatic hydroxyl groups is 1. The predicted octanol–water partition coefficient (Wildman–Crippen LogP) is 4.26. The van der Waals surface area contributed by atoms with Crippen molar-refractivity contribution in [2.24, 2.45) is 0 Å². The van der Waals surface area contributed by atoms with E-state index in [0.717, 1.165) is 13.1 Å². The standard InChI is InChI=1S/C25H28ClFN2O5/c1-5-28(6-2)11-12-29-22(15-9-7-8-10-18(15)27)21(24(31)25(29)32)23(30)16-13-17(26)20(34-4)14-19(16)33-3/h7-10,13-14,22,30H,5-6,11-12H2,1-4H3/b23-21+. The van der Waals surface area contributed by atoms with Crippen LogP contribution in [0.4, 0.5) is 4.39 Å². The van der Waals surface area contributed by atoms with Gasteiger partial charge in [0.1, 0.15) is 23.1 Å². The first-order valence-electron chi connectivity index (χ1n) is 11.0. The summed E-state index contributed by atoms with van der Waals surface area (Å²) in [6.45, 7) is 6.17. The number of rotatable bonds is 9. The molecule has 34 heavy (non-hydrogen) atoms. The van der Waals surface area contributed by atoms with Crippen LogP contribution in [0.25, 0.3) is 5.76 Å². The number of amides is 1. The van der Waals surface area contributed by atoms with Crippen molar-refractivity contribution in [2.75, 3.05) is 40.4 Å². The fourth-order valence-corrected chi connectivity index (χ4v) is 4.35. The molecule has 1 heterocycles. The second kappa shape index (κ2) is 10.9. The van der Waals surface area contributed by atoms with E-state index in [4.69, 9.17) is 21.1 Å². The number of likely N-dealkylation sites (N-methyl/N-ethyl adjacent to an activating group) is 1. The number of carbonyl (C=O) groups excluding carboxylic acids is 2. The molecule has 1 atom stereocenters. The van der Waals surface area contributed by atoms with E-state index in [1.54, 1.807) is 6.07 Å². The Hall–Kier alpha value is -3.10. The minimum absolute atomic E-state index is 0.0939. The SMILES string of the molecule is CCN(CC)CCN1C(=O)C(=O)/C(=C(/O)c2cc(Cl)c(OC)cc2OC)C1c1ccccc1F. The van der Waals surface area contributed by atoms with Crippen molar-refractivity contribution in [1.29, 1.82) is 0 Å². The van der Waals surface area contributed by atoms with Gasteiger partial charge in [-0.1, -0.05) is 43.6 Å². The highest BCUT2D eigenvalue weighted by Crippen LogP contribution is 2.43. The van der Waals surface area contributed by atoms with E-state index in [9.17, 15) is 19.1 Å². The van der Waals surface area contributed by atoms with Gasteiger partial charge in [-0.2, -0.15) is 0 Å². The Kier molecular flexibility index (Phi) is 8.17. The van der Waals surface area contributed by atoms with Gasteiger partial charge in [-0.15, -0.1) is 0 Å². The Labute approximate surface area is 203 Å². The molecule has 0 bridgehead atoms. The number of nitrogens with zero attached hydrogens (tertiary/aromatic N) is 2. The monoisotopic (exact) mass is 490 g/mol. The number of likely N-dealkylation sites (tertiary alicyclic amines) is 1. The van der Waals surface area contributed by atoms with Gasteiger partial charge in [0.05, 0.1) is 36.4 Å². The molecule has 1 amide bonds. The zero-order valence-corrected chi connectivity index (χ0v) is 20.4. The van der Waals surface area contributed by atoms with Crippen LogP contribution >= 0.6 is 11.6 Å². The van der Waals surface area contributed by atoms with Crippen molar-refractivity contribution in [3.63, 3.8) is 0 Å². The van der Waals surface area contributed by atoms with Gasteiger partial charge in [-0.3, -0.25) is 9.59 Å². The van der Waals surface area contributed by atoms with E-state index in [-0.39, 0.29) is 34.0 Å². The summed E-state index contributed by atoms with van der Waals surface area (Å²) in [6.07, 6.45) is 0. The zero-order chi connectivity index (χ0) is 25.0. The van der Waals surface area contributed by atoms with Gasteiger partial charge in [0.2, 0.25) is 0 Å². The number of methoxy groups -OCH3 is 2. The summed E-state index contributed by atoms with van der Waals surface area (Å²) >= 11 is 6.26. The third kappa shape index (κ3) is 4.74. The molecule has 3 rings (SSSR count). The third-order valence-corrected chi connectivity index (χ3v) is 6.32. The molecule has 0 radical (unpaired) electrons. The molecule has 1 fully saturated rings. The predicted molar refractivity (Wildman–Crippen MR) is 128 cm³/mol. The Bertz CT molecular complexity index is 1120. The Morgan fingerprint density at radius 3 is 2.35 bits per heavy atom. The average Bonchev–Trinajstić information content (AvgIpc) is 3.09. The van der Waals surface area contributed by atoms with E-state index >= 15 is 0 Å². The number of aliphatic hydroxyl groups excluding tert-OH is 1. The number of ketones is 1. The fourth-order valence-electron chi connectivity index (χ4n) is 4.11. The first-order chi connectivity index (χ1) is 16.3. The van der Waals surface area contributed by atoms with Gasteiger partial charge in [-0.25, -0.2) is 4.39 Å². The van der Waals surface area contributed by atoms with E-state index < -0.39 is 29.3 Å². The molecule has 2 aromatic carbocycles. The van der Waals surface area contributed by atoms with Gasteiger partial charge < -0.3 is 24.4 Å². The minimum atomic E-state index is -1.11. The van der Waals surface area contributed by atoms with E-state index in [2.05, 4.69) is 4.90 Å². The minimum Gasteiger partial charge on any atom is -0.507 e. The van der Waals surface area contributed by atoms with E-state index in [1.165, 1.54) is 49.5 Å². The summed E-state index contributed by atoms with van der Waals surface area (Å²) in [5, 5.41) is 11.5. The van der Waals surface area contributed by atoms with Crippen LogP contribution in [0, 0.1) is 5.82 Å². The quantitative estimate of drug-likeness (QED) is 0.321. The molecule has 1 aliphatic rings. The number of ether oxygens (including phenoxy) is 2. The maximum atomic E-state index is 14.9. The Balaban J connectivity index is 2.21. The first kappa shape index (κ1) is 25.5. The van der Waals surface area contributed by atoms with Crippen molar-refractivity contribution in [2.45, 2.75) is 19.9 Å². The molecule has 1 saturated heterocycles. The van der Waals surface area contributed by atoms with Gasteiger partial charge >= 0.3 is 0 Å². The summed E-state index contributed by atoms with van der Waals surface area (Å²) in [6, 6.07) is 7.64. The first-order valence-corrected chi connectivity index (χ1v) is 11.3. The third-order valence-electron chi connectivity index (χ3n) is 6.02. The molecule has 7 nitrogen and oxygen atoms in total. The molecular weight excluding hydrogens is 463 g/mol. The second-order valence-corrected chi connectivity index (χ2v) is 8.14. The molecule has 1 unspecified atom stereocenters. The average molecular weight is 491 g/mol. The highest BCUT2D eigenvalue weighted by molar-refractivity contribution is 6.46. The lowest BCUT2D eigenvalue weighted by Gasteiger charge is -2.28. The number of Topliss-reactive ketones (excluding diaryl/α,β-unsaturated/α-hetero) is 1. The summed E-state index contributed by atoms with van der Waals surface area (Å²) in [7, 11) is 2.82. The normalized spacial score (nSPS) is 17.5. The summed E-state index contributed by atoms with van der Waals surface area (Å²) in [5.74, 6) is -2.31. The van der Waals surface area contributed by atoms with Crippen LogP contribution in [0.5, 0.6) is 11.5 Å². The van der Waals surface area contributed by atoms with E-state index in [0.29, 0.717) is 12.3 Å². The molecule has 1 N–H and O–H groups in total. The van der Waals surface area contributed by atoms with Gasteiger partial charge in [-0.05, 0) is 25.2 Å². The maximum Gasteiger partial charge on any atom is 0.295 e.